The lowest BCUT2D eigenvalue weighted by Crippen LogP contribution is -2.22. The molecule has 2 heterocycles. The molecule has 2 aliphatic heterocycles. The SMILES string of the molecule is CCCCN1CC2=C(C1)c1cc(C(F)(F)F)ccc1Sc1ccccc12. The van der Waals surface area contributed by atoms with E-state index >= 15 is 0 Å². The van der Waals surface area contributed by atoms with Crippen molar-refractivity contribution in [3.8, 4) is 0 Å². The second kappa shape index (κ2) is 6.78. The van der Waals surface area contributed by atoms with E-state index in [1.54, 1.807) is 17.8 Å². The van der Waals surface area contributed by atoms with Crippen LogP contribution in [-0.4, -0.2) is 24.5 Å². The molecule has 2 aromatic rings. The van der Waals surface area contributed by atoms with Crippen LogP contribution >= 0.6 is 11.8 Å². The van der Waals surface area contributed by atoms with Crippen LogP contribution in [0.5, 0.6) is 0 Å². The van der Waals surface area contributed by atoms with E-state index in [1.165, 1.54) is 17.7 Å². The fourth-order valence-corrected chi connectivity index (χ4v) is 4.80. The Balaban J connectivity index is 1.84. The summed E-state index contributed by atoms with van der Waals surface area (Å²) in [4.78, 5) is 4.38. The van der Waals surface area contributed by atoms with Crippen LogP contribution in [0, 0.1) is 0 Å². The summed E-state index contributed by atoms with van der Waals surface area (Å²) in [6.07, 6.45) is -2.10. The first-order valence-electron chi connectivity index (χ1n) is 8.90. The predicted molar refractivity (Wildman–Crippen MR) is 100 cm³/mol. The second-order valence-corrected chi connectivity index (χ2v) is 7.91. The van der Waals surface area contributed by atoms with Gasteiger partial charge in [-0.05, 0) is 59.5 Å². The van der Waals surface area contributed by atoms with E-state index in [1.807, 2.05) is 12.1 Å². The van der Waals surface area contributed by atoms with Gasteiger partial charge in [0.15, 0.2) is 0 Å². The second-order valence-electron chi connectivity index (χ2n) is 6.83. The van der Waals surface area contributed by atoms with E-state index in [4.69, 9.17) is 0 Å². The Hall–Kier alpha value is -1.72. The van der Waals surface area contributed by atoms with E-state index < -0.39 is 11.7 Å². The molecule has 0 saturated heterocycles. The van der Waals surface area contributed by atoms with Crippen LogP contribution in [0.4, 0.5) is 13.2 Å². The molecular weight excluding hydrogens is 355 g/mol. The number of unbranched alkanes of at least 4 members (excludes halogenated alkanes) is 1. The van der Waals surface area contributed by atoms with Gasteiger partial charge in [-0.15, -0.1) is 0 Å². The van der Waals surface area contributed by atoms with Crippen molar-refractivity contribution in [3.05, 3.63) is 59.2 Å². The lowest BCUT2D eigenvalue weighted by atomic mass is 9.96. The molecule has 26 heavy (non-hydrogen) atoms. The van der Waals surface area contributed by atoms with E-state index in [0.717, 1.165) is 59.0 Å². The normalized spacial score (nSPS) is 16.9. The fraction of sp³-hybridized carbons (Fsp3) is 0.333. The topological polar surface area (TPSA) is 3.24 Å². The van der Waals surface area contributed by atoms with E-state index in [2.05, 4.69) is 24.0 Å². The number of hydrogen-bond acceptors (Lipinski definition) is 2. The summed E-state index contributed by atoms with van der Waals surface area (Å²) >= 11 is 1.57. The number of benzene rings is 2. The Morgan fingerprint density at radius 1 is 0.962 bits per heavy atom. The molecule has 0 atom stereocenters. The molecule has 2 aliphatic rings. The van der Waals surface area contributed by atoms with Crippen molar-refractivity contribution in [1.82, 2.24) is 4.90 Å². The third-order valence-corrected chi connectivity index (χ3v) is 6.17. The highest BCUT2D eigenvalue weighted by Gasteiger charge is 2.34. The van der Waals surface area contributed by atoms with Crippen molar-refractivity contribution in [2.24, 2.45) is 0 Å². The first-order valence-corrected chi connectivity index (χ1v) is 9.72. The molecule has 0 spiro atoms. The molecule has 0 saturated carbocycles. The van der Waals surface area contributed by atoms with Crippen LogP contribution in [0.15, 0.2) is 52.3 Å². The number of hydrogen-bond donors (Lipinski definition) is 0. The maximum absolute atomic E-state index is 13.3. The molecule has 0 aliphatic carbocycles. The van der Waals surface area contributed by atoms with Crippen LogP contribution in [0.25, 0.3) is 11.1 Å². The average molecular weight is 375 g/mol. The zero-order valence-electron chi connectivity index (χ0n) is 14.6. The standard InChI is InChI=1S/C21H20F3NS/c1-2-3-10-25-12-17-15-6-4-5-7-19(15)26-20-9-8-14(21(22,23)24)11-16(20)18(17)13-25/h4-9,11H,2-3,10,12-13H2,1H3. The summed E-state index contributed by atoms with van der Waals surface area (Å²) in [6, 6.07) is 12.3. The third kappa shape index (κ3) is 3.19. The minimum Gasteiger partial charge on any atom is -0.295 e. The van der Waals surface area contributed by atoms with E-state index in [0.29, 0.717) is 0 Å². The van der Waals surface area contributed by atoms with Gasteiger partial charge in [-0.1, -0.05) is 43.3 Å². The summed E-state index contributed by atoms with van der Waals surface area (Å²) in [5.41, 5.74) is 3.58. The monoisotopic (exact) mass is 375 g/mol. The maximum Gasteiger partial charge on any atom is 0.416 e. The van der Waals surface area contributed by atoms with Gasteiger partial charge in [-0.3, -0.25) is 4.90 Å². The van der Waals surface area contributed by atoms with Crippen molar-refractivity contribution < 1.29 is 13.2 Å². The third-order valence-electron chi connectivity index (χ3n) is 5.02. The number of nitrogens with zero attached hydrogens (tertiary/aromatic N) is 1. The van der Waals surface area contributed by atoms with Crippen LogP contribution in [0.3, 0.4) is 0 Å². The Kier molecular flexibility index (Phi) is 4.61. The molecule has 0 bridgehead atoms. The van der Waals surface area contributed by atoms with Gasteiger partial charge in [0.25, 0.3) is 0 Å². The van der Waals surface area contributed by atoms with Crippen molar-refractivity contribution in [2.75, 3.05) is 19.6 Å². The molecule has 0 N–H and O–H groups in total. The Morgan fingerprint density at radius 3 is 2.38 bits per heavy atom. The van der Waals surface area contributed by atoms with Gasteiger partial charge >= 0.3 is 6.18 Å². The number of rotatable bonds is 3. The molecule has 4 rings (SSSR count). The molecule has 0 fully saturated rings. The molecule has 0 unspecified atom stereocenters. The van der Waals surface area contributed by atoms with Gasteiger partial charge in [-0.2, -0.15) is 13.2 Å². The smallest absolute Gasteiger partial charge is 0.295 e. The van der Waals surface area contributed by atoms with Crippen molar-refractivity contribution in [3.63, 3.8) is 0 Å². The molecule has 1 nitrogen and oxygen atoms in total. The van der Waals surface area contributed by atoms with Gasteiger partial charge < -0.3 is 0 Å². The number of halogens is 3. The summed E-state index contributed by atoms with van der Waals surface area (Å²) in [6.45, 7) is 4.67. The van der Waals surface area contributed by atoms with Crippen LogP contribution in [0.2, 0.25) is 0 Å². The van der Waals surface area contributed by atoms with Crippen molar-refractivity contribution in [1.29, 1.82) is 0 Å². The molecule has 0 amide bonds. The highest BCUT2D eigenvalue weighted by molar-refractivity contribution is 7.99. The number of fused-ring (bicyclic) bond motifs is 4. The summed E-state index contributed by atoms with van der Waals surface area (Å²) < 4.78 is 39.8. The predicted octanol–water partition coefficient (Wildman–Crippen LogP) is 6.20. The minimum absolute atomic E-state index is 0.568. The van der Waals surface area contributed by atoms with Gasteiger partial charge in [0.1, 0.15) is 0 Å². The summed E-state index contributed by atoms with van der Waals surface area (Å²) in [5.74, 6) is 0. The Bertz CT molecular complexity index is 870. The van der Waals surface area contributed by atoms with Gasteiger partial charge in [-0.25, -0.2) is 0 Å². The highest BCUT2D eigenvalue weighted by Crippen LogP contribution is 2.47. The van der Waals surface area contributed by atoms with Crippen molar-refractivity contribution >= 4 is 22.9 Å². The molecule has 5 heteroatoms. The first kappa shape index (κ1) is 17.7. The average Bonchev–Trinajstić information content (AvgIpc) is 2.98. The molecule has 0 radical (unpaired) electrons. The molecule has 2 aromatic carbocycles. The molecule has 0 aromatic heterocycles. The summed E-state index contributed by atoms with van der Waals surface area (Å²) in [5, 5.41) is 0. The molecule has 136 valence electrons. The quantitative estimate of drug-likeness (QED) is 0.629. The van der Waals surface area contributed by atoms with E-state index in [9.17, 15) is 13.2 Å². The van der Waals surface area contributed by atoms with E-state index in [-0.39, 0.29) is 0 Å². The van der Waals surface area contributed by atoms with Crippen LogP contribution in [-0.2, 0) is 6.18 Å². The maximum atomic E-state index is 13.3. The first-order chi connectivity index (χ1) is 12.5. The summed E-state index contributed by atoms with van der Waals surface area (Å²) in [7, 11) is 0. The molecular formula is C21H20F3NS. The Labute approximate surface area is 155 Å². The van der Waals surface area contributed by atoms with Crippen LogP contribution in [0.1, 0.15) is 36.5 Å². The lowest BCUT2D eigenvalue weighted by Gasteiger charge is -2.18. The van der Waals surface area contributed by atoms with Crippen LogP contribution < -0.4 is 0 Å². The lowest BCUT2D eigenvalue weighted by molar-refractivity contribution is -0.137. The van der Waals surface area contributed by atoms with Gasteiger partial charge in [0.2, 0.25) is 0 Å². The fourth-order valence-electron chi connectivity index (χ4n) is 3.68. The minimum atomic E-state index is -4.32. The number of alkyl halides is 3. The largest absolute Gasteiger partial charge is 0.416 e. The zero-order valence-corrected chi connectivity index (χ0v) is 15.4. The van der Waals surface area contributed by atoms with Gasteiger partial charge in [0, 0.05) is 22.9 Å². The zero-order chi connectivity index (χ0) is 18.3. The van der Waals surface area contributed by atoms with Crippen molar-refractivity contribution in [2.45, 2.75) is 35.7 Å². The Morgan fingerprint density at radius 2 is 1.65 bits per heavy atom. The van der Waals surface area contributed by atoms with Gasteiger partial charge in [0.05, 0.1) is 5.56 Å². The highest BCUT2D eigenvalue weighted by atomic mass is 32.2.